The fourth-order valence-corrected chi connectivity index (χ4v) is 0.589. The fraction of sp³-hybridized carbons (Fsp3) is 0. The predicted molar refractivity (Wildman–Crippen MR) is 37.2 cm³/mol. The van der Waals surface area contributed by atoms with Crippen LogP contribution >= 0.6 is 0 Å². The lowest BCUT2D eigenvalue weighted by Crippen LogP contribution is -2.08. The molecule has 1 heteroatoms. The summed E-state index contributed by atoms with van der Waals surface area (Å²) in [5, 5.41) is 0. The lowest BCUT2D eigenvalue weighted by atomic mass is 9.74. The molecule has 0 aliphatic heterocycles. The summed E-state index contributed by atoms with van der Waals surface area (Å²) < 4.78 is 0. The van der Waals surface area contributed by atoms with Crippen LogP contribution in [0, 0.1) is 6.82 Å². The molecular weight excluding hydrogens is 94.9 g/mol. The lowest BCUT2D eigenvalue weighted by molar-refractivity contribution is 1.77. The molecule has 0 aliphatic rings. The number of benzene rings is 1. The van der Waals surface area contributed by atoms with Gasteiger partial charge >= 0.3 is 7.28 Å². The van der Waals surface area contributed by atoms with Crippen molar-refractivity contribution in [2.24, 2.45) is 0 Å². The minimum Gasteiger partial charge on any atom is -0.0635 e. The van der Waals surface area contributed by atoms with Crippen LogP contribution in [0.4, 0.5) is 0 Å². The van der Waals surface area contributed by atoms with Gasteiger partial charge in [0.1, 0.15) is 0 Å². The van der Waals surface area contributed by atoms with Crippen molar-refractivity contribution in [2.75, 3.05) is 0 Å². The van der Waals surface area contributed by atoms with Crippen LogP contribution in [-0.4, -0.2) is 7.28 Å². The Morgan fingerprint density at radius 3 is 2.12 bits per heavy atom. The van der Waals surface area contributed by atoms with Gasteiger partial charge in [-0.05, 0) is 5.46 Å². The summed E-state index contributed by atoms with van der Waals surface area (Å²) in [6.07, 6.45) is 0. The first-order valence-corrected chi connectivity index (χ1v) is 2.61. The second-order valence-corrected chi connectivity index (χ2v) is 1.61. The quantitative estimate of drug-likeness (QED) is 0.363. The van der Waals surface area contributed by atoms with Crippen LogP contribution in [0.25, 0.3) is 0 Å². The minimum absolute atomic E-state index is 1.17. The Hall–Kier alpha value is -0.845. The summed E-state index contributed by atoms with van der Waals surface area (Å²) in [5.41, 5.74) is 1.17. The summed E-state index contributed by atoms with van der Waals surface area (Å²) in [6, 6.07) is 10.0. The molecule has 0 fully saturated rings. The second kappa shape index (κ2) is 2.46. The fourth-order valence-electron chi connectivity index (χ4n) is 0.589. The molecule has 0 heterocycles. The molecule has 0 aliphatic carbocycles. The maximum absolute atomic E-state index is 3.63. The molecule has 0 N–H and O–H groups in total. The van der Waals surface area contributed by atoms with Crippen molar-refractivity contribution in [3.05, 3.63) is 37.2 Å². The van der Waals surface area contributed by atoms with E-state index >= 15 is 0 Å². The molecule has 1 aromatic rings. The summed E-state index contributed by atoms with van der Waals surface area (Å²) in [7, 11) is 1.83. The molecule has 1 radical (unpaired) electrons. The molecule has 0 bridgehead atoms. The van der Waals surface area contributed by atoms with E-state index in [0.717, 1.165) is 0 Å². The van der Waals surface area contributed by atoms with Gasteiger partial charge in [-0.25, -0.2) is 0 Å². The average molecular weight is 102 g/mol. The first-order chi connectivity index (χ1) is 3.93. The molecule has 0 aromatic heterocycles. The highest BCUT2D eigenvalue weighted by atomic mass is 13.7. The summed E-state index contributed by atoms with van der Waals surface area (Å²) >= 11 is 0. The van der Waals surface area contributed by atoms with Crippen molar-refractivity contribution in [1.82, 2.24) is 0 Å². The summed E-state index contributed by atoms with van der Waals surface area (Å²) in [6.45, 7) is 3.63. The van der Waals surface area contributed by atoms with Gasteiger partial charge in [0.05, 0.1) is 0 Å². The van der Waals surface area contributed by atoms with E-state index in [0.29, 0.717) is 0 Å². The van der Waals surface area contributed by atoms with E-state index in [-0.39, 0.29) is 0 Å². The average Bonchev–Trinajstić information content (AvgIpc) is 1.90. The molecule has 37 valence electrons. The van der Waals surface area contributed by atoms with E-state index in [1.54, 1.807) is 0 Å². The van der Waals surface area contributed by atoms with Crippen molar-refractivity contribution >= 4 is 12.7 Å². The highest BCUT2D eigenvalue weighted by Gasteiger charge is 1.92. The number of hydrogen-bond donors (Lipinski definition) is 0. The van der Waals surface area contributed by atoms with Crippen LogP contribution < -0.4 is 5.46 Å². The van der Waals surface area contributed by atoms with Gasteiger partial charge in [-0.2, -0.15) is 0 Å². The molecule has 0 nitrogen and oxygen atoms in total. The molecule has 0 spiro atoms. The van der Waals surface area contributed by atoms with Gasteiger partial charge in [0.2, 0.25) is 0 Å². The molecule has 0 saturated carbocycles. The van der Waals surface area contributed by atoms with Crippen molar-refractivity contribution in [2.45, 2.75) is 0 Å². The van der Waals surface area contributed by atoms with E-state index in [1.807, 2.05) is 37.6 Å². The minimum atomic E-state index is 1.17. The summed E-state index contributed by atoms with van der Waals surface area (Å²) in [4.78, 5) is 0. The van der Waals surface area contributed by atoms with Gasteiger partial charge in [0.25, 0.3) is 0 Å². The first-order valence-electron chi connectivity index (χ1n) is 2.61. The second-order valence-electron chi connectivity index (χ2n) is 1.61. The topological polar surface area (TPSA) is 0 Å². The largest absolute Gasteiger partial charge is 0.442 e. The standard InChI is InChI=1S/C7H7B/c1-8-7-5-3-2-4-6-7/h2-6H,1H2/q+1. The van der Waals surface area contributed by atoms with Crippen molar-refractivity contribution in [3.8, 4) is 0 Å². The zero-order chi connectivity index (χ0) is 5.82. The smallest absolute Gasteiger partial charge is 0.0635 e. The van der Waals surface area contributed by atoms with E-state index in [9.17, 15) is 0 Å². The molecule has 0 unspecified atom stereocenters. The van der Waals surface area contributed by atoms with Crippen molar-refractivity contribution in [1.29, 1.82) is 0 Å². The van der Waals surface area contributed by atoms with Crippen molar-refractivity contribution in [3.63, 3.8) is 0 Å². The van der Waals surface area contributed by atoms with E-state index < -0.39 is 0 Å². The van der Waals surface area contributed by atoms with Gasteiger partial charge in [0.15, 0.2) is 0 Å². The molecule has 1 aromatic carbocycles. The van der Waals surface area contributed by atoms with E-state index in [1.165, 1.54) is 5.46 Å². The zero-order valence-corrected chi connectivity index (χ0v) is 4.67. The first kappa shape index (κ1) is 5.29. The lowest BCUT2D eigenvalue weighted by Gasteiger charge is -1.82. The molecule has 1 rings (SSSR count). The number of rotatable bonds is 1. The Morgan fingerprint density at radius 1 is 1.12 bits per heavy atom. The molecular formula is C7H7B+. The monoisotopic (exact) mass is 102 g/mol. The highest BCUT2D eigenvalue weighted by Crippen LogP contribution is 1.78. The number of hydrogen-bond acceptors (Lipinski definition) is 0. The zero-order valence-electron chi connectivity index (χ0n) is 4.67. The van der Waals surface area contributed by atoms with Gasteiger partial charge in [-0.15, -0.1) is 0 Å². The Kier molecular flexibility index (Phi) is 1.63. The summed E-state index contributed by atoms with van der Waals surface area (Å²) in [5.74, 6) is 0. The highest BCUT2D eigenvalue weighted by molar-refractivity contribution is 6.55. The van der Waals surface area contributed by atoms with Crippen LogP contribution in [0.2, 0.25) is 0 Å². The van der Waals surface area contributed by atoms with Crippen LogP contribution in [0.1, 0.15) is 0 Å². The Balaban J connectivity index is 2.83. The third-order valence-corrected chi connectivity index (χ3v) is 1.04. The van der Waals surface area contributed by atoms with E-state index in [2.05, 4.69) is 6.82 Å². The van der Waals surface area contributed by atoms with Gasteiger partial charge in [-0.3, -0.25) is 0 Å². The van der Waals surface area contributed by atoms with Crippen LogP contribution in [0.15, 0.2) is 30.3 Å². The Morgan fingerprint density at radius 2 is 1.75 bits per heavy atom. The SMILES string of the molecule is [CH2+][B]c1ccccc1. The molecule has 0 saturated heterocycles. The third-order valence-electron chi connectivity index (χ3n) is 1.04. The Labute approximate surface area is 50.8 Å². The maximum Gasteiger partial charge on any atom is 0.442 e. The normalized spacial score (nSPS) is 8.50. The van der Waals surface area contributed by atoms with Crippen LogP contribution in [0.5, 0.6) is 0 Å². The molecule has 0 atom stereocenters. The van der Waals surface area contributed by atoms with Crippen molar-refractivity contribution < 1.29 is 0 Å². The maximum atomic E-state index is 3.63. The van der Waals surface area contributed by atoms with E-state index in [4.69, 9.17) is 0 Å². The van der Waals surface area contributed by atoms with Gasteiger partial charge in [-0.1, -0.05) is 30.3 Å². The molecule has 0 amide bonds. The Bertz CT molecular complexity index is 146. The van der Waals surface area contributed by atoms with Gasteiger partial charge < -0.3 is 0 Å². The van der Waals surface area contributed by atoms with Gasteiger partial charge in [0, 0.05) is 6.82 Å². The predicted octanol–water partition coefficient (Wildman–Crippen LogP) is 0.808. The third kappa shape index (κ3) is 1.06. The van der Waals surface area contributed by atoms with Crippen LogP contribution in [-0.2, 0) is 0 Å². The van der Waals surface area contributed by atoms with Crippen LogP contribution in [0.3, 0.4) is 0 Å². The molecule has 8 heavy (non-hydrogen) atoms.